The number of imidazole rings is 1. The molecule has 4 rings (SSSR count). The molecule has 5 nitrogen and oxygen atoms in total. The number of aromatic nitrogens is 3. The summed E-state index contributed by atoms with van der Waals surface area (Å²) >= 11 is 1.80. The van der Waals surface area contributed by atoms with Gasteiger partial charge in [-0.25, -0.2) is 9.37 Å². The van der Waals surface area contributed by atoms with Gasteiger partial charge in [-0.05, 0) is 43.5 Å². The Bertz CT molecular complexity index is 1080. The van der Waals surface area contributed by atoms with Gasteiger partial charge in [0.25, 0.3) is 0 Å². The van der Waals surface area contributed by atoms with Crippen molar-refractivity contribution in [1.82, 2.24) is 14.5 Å². The van der Waals surface area contributed by atoms with E-state index in [0.717, 1.165) is 16.5 Å². The number of halogens is 1. The number of benzene rings is 1. The lowest BCUT2D eigenvalue weighted by Gasteiger charge is -2.15. The van der Waals surface area contributed by atoms with Crippen molar-refractivity contribution in [2.75, 3.05) is 6.61 Å². The molecule has 0 unspecified atom stereocenters. The lowest BCUT2D eigenvalue weighted by molar-refractivity contribution is 0.296. The summed E-state index contributed by atoms with van der Waals surface area (Å²) in [6.45, 7) is 1.71. The molecular weight excluding hydrogens is 413 g/mol. The molecule has 0 radical (unpaired) electrons. The van der Waals surface area contributed by atoms with Crippen molar-refractivity contribution in [3.05, 3.63) is 65.5 Å². The summed E-state index contributed by atoms with van der Waals surface area (Å²) in [5.74, 6) is 5.09. The van der Waals surface area contributed by atoms with Crippen molar-refractivity contribution in [3.63, 3.8) is 0 Å². The second-order valence-corrected chi connectivity index (χ2v) is 8.72. The summed E-state index contributed by atoms with van der Waals surface area (Å²) in [4.78, 5) is 8.90. The molecule has 2 aromatic heterocycles. The highest BCUT2D eigenvalue weighted by molar-refractivity contribution is 7.99. The maximum atomic E-state index is 14.4. The van der Waals surface area contributed by atoms with Crippen LogP contribution in [0.2, 0.25) is 0 Å². The first-order valence-electron chi connectivity index (χ1n) is 10.3. The fourth-order valence-electron chi connectivity index (χ4n) is 3.71. The number of nitrogens with zero attached hydrogens (tertiary/aromatic N) is 3. The van der Waals surface area contributed by atoms with Gasteiger partial charge in [-0.1, -0.05) is 36.4 Å². The van der Waals surface area contributed by atoms with Crippen LogP contribution in [0.3, 0.4) is 0 Å². The van der Waals surface area contributed by atoms with Crippen molar-refractivity contribution in [3.8, 4) is 23.3 Å². The largest absolute Gasteiger partial charge is 0.487 e. The Morgan fingerprint density at radius 1 is 1.29 bits per heavy atom. The van der Waals surface area contributed by atoms with Gasteiger partial charge < -0.3 is 9.84 Å². The van der Waals surface area contributed by atoms with E-state index in [1.807, 2.05) is 24.5 Å². The summed E-state index contributed by atoms with van der Waals surface area (Å²) in [5, 5.41) is 10.4. The molecule has 2 heterocycles. The number of ether oxygens (including phenoxy) is 1. The van der Waals surface area contributed by atoms with Crippen LogP contribution in [0.1, 0.15) is 42.5 Å². The first kappa shape index (κ1) is 21.4. The zero-order chi connectivity index (χ0) is 21.6. The fraction of sp³-hybridized carbons (Fsp3) is 0.333. The molecule has 160 valence electrons. The predicted octanol–water partition coefficient (Wildman–Crippen LogP) is 4.67. The van der Waals surface area contributed by atoms with Gasteiger partial charge in [-0.15, -0.1) is 0 Å². The van der Waals surface area contributed by atoms with Crippen molar-refractivity contribution in [2.45, 2.75) is 49.6 Å². The monoisotopic (exact) mass is 437 g/mol. The van der Waals surface area contributed by atoms with E-state index in [1.165, 1.54) is 31.7 Å². The lowest BCUT2D eigenvalue weighted by Crippen LogP contribution is -2.07. The molecule has 0 saturated heterocycles. The second kappa shape index (κ2) is 9.99. The zero-order valence-electron chi connectivity index (χ0n) is 17.3. The number of aliphatic hydroxyl groups is 1. The van der Waals surface area contributed by atoms with E-state index in [9.17, 15) is 4.39 Å². The van der Waals surface area contributed by atoms with E-state index in [-0.39, 0.29) is 18.8 Å². The minimum atomic E-state index is -0.464. The number of hydrogen-bond acceptors (Lipinski definition) is 5. The van der Waals surface area contributed by atoms with Gasteiger partial charge >= 0.3 is 0 Å². The number of thioether (sulfide) groups is 1. The van der Waals surface area contributed by atoms with Crippen LogP contribution < -0.4 is 4.74 Å². The Balaban J connectivity index is 1.58. The summed E-state index contributed by atoms with van der Waals surface area (Å²) < 4.78 is 22.4. The van der Waals surface area contributed by atoms with Crippen LogP contribution in [0, 0.1) is 24.6 Å². The van der Waals surface area contributed by atoms with Crippen molar-refractivity contribution >= 4 is 11.8 Å². The van der Waals surface area contributed by atoms with E-state index in [4.69, 9.17) is 9.84 Å². The van der Waals surface area contributed by atoms with Gasteiger partial charge in [-0.3, -0.25) is 9.55 Å². The van der Waals surface area contributed by atoms with E-state index in [2.05, 4.69) is 26.4 Å². The molecule has 0 spiro atoms. The third-order valence-electron chi connectivity index (χ3n) is 5.22. The molecule has 1 N–H and O–H groups in total. The van der Waals surface area contributed by atoms with E-state index < -0.39 is 5.82 Å². The Morgan fingerprint density at radius 3 is 2.84 bits per heavy atom. The highest BCUT2D eigenvalue weighted by Gasteiger charge is 2.21. The number of pyridine rings is 1. The minimum absolute atomic E-state index is 0.244. The van der Waals surface area contributed by atoms with Crippen LogP contribution in [0.5, 0.6) is 5.75 Å². The Hall–Kier alpha value is -2.82. The average molecular weight is 438 g/mol. The molecule has 0 atom stereocenters. The molecule has 1 aromatic carbocycles. The number of aliphatic hydroxyl groups excluding tert-OH is 1. The van der Waals surface area contributed by atoms with E-state index in [1.54, 1.807) is 30.9 Å². The van der Waals surface area contributed by atoms with Gasteiger partial charge in [0, 0.05) is 17.5 Å². The molecule has 31 heavy (non-hydrogen) atoms. The maximum Gasteiger partial charge on any atom is 0.173 e. The SMILES string of the molecule is Cc1cc(OCc2cnc(SC3CCCC3)n2-c2cccnc2)cc(F)c1C#CCO. The normalized spacial score (nSPS) is 13.8. The van der Waals surface area contributed by atoms with Crippen molar-refractivity contribution in [2.24, 2.45) is 0 Å². The Labute approximate surface area is 185 Å². The molecular formula is C24H24FN3O2S. The Kier molecular flexibility index (Phi) is 6.90. The first-order valence-corrected chi connectivity index (χ1v) is 11.2. The third kappa shape index (κ3) is 5.09. The van der Waals surface area contributed by atoms with Crippen molar-refractivity contribution in [1.29, 1.82) is 0 Å². The molecule has 0 amide bonds. The van der Waals surface area contributed by atoms with Crippen LogP contribution in [-0.2, 0) is 6.61 Å². The number of aryl methyl sites for hydroxylation is 1. The van der Waals surface area contributed by atoms with Gasteiger partial charge in [0.15, 0.2) is 5.16 Å². The van der Waals surface area contributed by atoms with Gasteiger partial charge in [0.05, 0.1) is 29.3 Å². The highest BCUT2D eigenvalue weighted by atomic mass is 32.2. The van der Waals surface area contributed by atoms with Crippen LogP contribution in [0.25, 0.3) is 5.69 Å². The average Bonchev–Trinajstić information content (AvgIpc) is 3.42. The maximum absolute atomic E-state index is 14.4. The molecule has 1 fully saturated rings. The highest BCUT2D eigenvalue weighted by Crippen LogP contribution is 2.35. The van der Waals surface area contributed by atoms with Gasteiger partial charge in [0.1, 0.15) is 24.8 Å². The summed E-state index contributed by atoms with van der Waals surface area (Å²) in [5.41, 5.74) is 2.73. The van der Waals surface area contributed by atoms with E-state index in [0.29, 0.717) is 16.6 Å². The summed E-state index contributed by atoms with van der Waals surface area (Å²) in [6.07, 6.45) is 10.3. The predicted molar refractivity (Wildman–Crippen MR) is 119 cm³/mol. The van der Waals surface area contributed by atoms with Gasteiger partial charge in [-0.2, -0.15) is 0 Å². The molecule has 7 heteroatoms. The number of rotatable bonds is 6. The van der Waals surface area contributed by atoms with Crippen LogP contribution in [0.15, 0.2) is 48.0 Å². The fourth-order valence-corrected chi connectivity index (χ4v) is 5.02. The van der Waals surface area contributed by atoms with E-state index >= 15 is 0 Å². The third-order valence-corrected chi connectivity index (χ3v) is 6.52. The lowest BCUT2D eigenvalue weighted by atomic mass is 10.1. The topological polar surface area (TPSA) is 60.2 Å². The van der Waals surface area contributed by atoms with Crippen LogP contribution in [-0.4, -0.2) is 31.5 Å². The van der Waals surface area contributed by atoms with Gasteiger partial charge in [0.2, 0.25) is 0 Å². The molecule has 0 aliphatic heterocycles. The molecule has 1 aliphatic rings. The number of hydrogen-bond donors (Lipinski definition) is 1. The second-order valence-electron chi connectivity index (χ2n) is 7.45. The standard InChI is InChI=1S/C24H24FN3O2S/c1-17-12-20(13-23(25)22(17)9-5-11-29)30-16-19-15-27-24(31-21-7-2-3-8-21)28(19)18-6-4-10-26-14-18/h4,6,10,12-15,21,29H,2-3,7-8,11,16H2,1H3. The minimum Gasteiger partial charge on any atom is -0.487 e. The van der Waals surface area contributed by atoms with Crippen LogP contribution >= 0.6 is 11.8 Å². The molecule has 1 saturated carbocycles. The molecule has 3 aromatic rings. The first-order chi connectivity index (χ1) is 15.2. The van der Waals surface area contributed by atoms with Crippen molar-refractivity contribution < 1.29 is 14.2 Å². The molecule has 1 aliphatic carbocycles. The summed E-state index contributed by atoms with van der Waals surface area (Å²) in [6, 6.07) is 6.97. The molecule has 0 bridgehead atoms. The summed E-state index contributed by atoms with van der Waals surface area (Å²) in [7, 11) is 0. The smallest absolute Gasteiger partial charge is 0.173 e. The van der Waals surface area contributed by atoms with Crippen LogP contribution in [0.4, 0.5) is 4.39 Å². The zero-order valence-corrected chi connectivity index (χ0v) is 18.2. The Morgan fingerprint density at radius 2 is 2.13 bits per heavy atom. The quantitative estimate of drug-likeness (QED) is 0.568.